The molecule has 0 radical (unpaired) electrons. The highest BCUT2D eigenvalue weighted by Gasteiger charge is 2.08. The van der Waals surface area contributed by atoms with Crippen molar-refractivity contribution in [2.45, 2.75) is 45.6 Å². The minimum absolute atomic E-state index is 0.109. The minimum Gasteiger partial charge on any atom is -0.493 e. The summed E-state index contributed by atoms with van der Waals surface area (Å²) in [4.78, 5) is 0. The molecule has 1 atom stereocenters. The number of hydrogen-bond donors (Lipinski definition) is 1. The van der Waals surface area contributed by atoms with Crippen molar-refractivity contribution in [3.8, 4) is 5.75 Å². The van der Waals surface area contributed by atoms with Gasteiger partial charge in [0, 0.05) is 6.04 Å². The highest BCUT2D eigenvalue weighted by atomic mass is 16.5. The Morgan fingerprint density at radius 3 is 2.78 bits per heavy atom. The summed E-state index contributed by atoms with van der Waals surface area (Å²) in [6.07, 6.45) is 5.91. The summed E-state index contributed by atoms with van der Waals surface area (Å²) >= 11 is 0. The summed E-state index contributed by atoms with van der Waals surface area (Å²) in [6, 6.07) is 6.37. The Morgan fingerprint density at radius 1 is 1.39 bits per heavy atom. The molecule has 0 aliphatic rings. The Balaban J connectivity index is 2.85. The van der Waals surface area contributed by atoms with Crippen molar-refractivity contribution in [3.63, 3.8) is 0 Å². The fourth-order valence-corrected chi connectivity index (χ4v) is 1.85. The third-order valence-electron chi connectivity index (χ3n) is 3.07. The first kappa shape index (κ1) is 14.8. The molecule has 18 heavy (non-hydrogen) atoms. The van der Waals surface area contributed by atoms with Crippen LogP contribution in [-0.2, 0) is 6.42 Å². The molecular formula is C16H25NO. The number of allylic oxidation sites excluding steroid dienone is 1. The number of ether oxygens (including phenoxy) is 1. The lowest BCUT2D eigenvalue weighted by atomic mass is 10.0. The molecule has 2 nitrogen and oxygen atoms in total. The van der Waals surface area contributed by atoms with Crippen molar-refractivity contribution in [3.05, 3.63) is 42.0 Å². The van der Waals surface area contributed by atoms with Crippen LogP contribution in [0.5, 0.6) is 5.75 Å². The zero-order chi connectivity index (χ0) is 13.4. The van der Waals surface area contributed by atoms with Crippen LogP contribution >= 0.6 is 0 Å². The summed E-state index contributed by atoms with van der Waals surface area (Å²) in [6.45, 7) is 8.84. The van der Waals surface area contributed by atoms with Gasteiger partial charge >= 0.3 is 0 Å². The van der Waals surface area contributed by atoms with E-state index in [0.717, 1.165) is 38.0 Å². The van der Waals surface area contributed by atoms with Gasteiger partial charge in [-0.3, -0.25) is 0 Å². The Morgan fingerprint density at radius 2 is 2.17 bits per heavy atom. The third-order valence-corrected chi connectivity index (χ3v) is 3.07. The number of rotatable bonds is 8. The van der Waals surface area contributed by atoms with Crippen LogP contribution in [0.3, 0.4) is 0 Å². The van der Waals surface area contributed by atoms with E-state index in [2.05, 4.69) is 32.6 Å². The molecular weight excluding hydrogens is 222 g/mol. The lowest BCUT2D eigenvalue weighted by molar-refractivity contribution is 0.306. The molecule has 1 unspecified atom stereocenters. The first-order valence-corrected chi connectivity index (χ1v) is 6.85. The fraction of sp³-hybridized carbons (Fsp3) is 0.500. The predicted octanol–water partition coefficient (Wildman–Crippen LogP) is 4.00. The van der Waals surface area contributed by atoms with Crippen LogP contribution in [0, 0.1) is 0 Å². The Kier molecular flexibility index (Phi) is 6.51. The van der Waals surface area contributed by atoms with Gasteiger partial charge in [0.05, 0.1) is 6.61 Å². The average Bonchev–Trinajstić information content (AvgIpc) is 2.40. The van der Waals surface area contributed by atoms with Crippen molar-refractivity contribution in [1.82, 2.24) is 0 Å². The second-order valence-electron chi connectivity index (χ2n) is 4.58. The van der Waals surface area contributed by atoms with Gasteiger partial charge in [0.1, 0.15) is 5.75 Å². The van der Waals surface area contributed by atoms with E-state index in [1.807, 2.05) is 12.1 Å². The van der Waals surface area contributed by atoms with Gasteiger partial charge in [-0.05, 0) is 36.5 Å². The van der Waals surface area contributed by atoms with Crippen molar-refractivity contribution >= 4 is 0 Å². The van der Waals surface area contributed by atoms with E-state index >= 15 is 0 Å². The molecule has 2 heteroatoms. The molecule has 0 amide bonds. The van der Waals surface area contributed by atoms with E-state index in [0.29, 0.717) is 0 Å². The molecule has 0 aromatic heterocycles. The number of hydrogen-bond acceptors (Lipinski definition) is 2. The highest BCUT2D eigenvalue weighted by molar-refractivity contribution is 5.39. The monoisotopic (exact) mass is 247 g/mol. The lowest BCUT2D eigenvalue weighted by Gasteiger charge is -2.15. The molecule has 100 valence electrons. The maximum Gasteiger partial charge on any atom is 0.122 e. The van der Waals surface area contributed by atoms with Crippen LogP contribution in [0.1, 0.15) is 50.3 Å². The van der Waals surface area contributed by atoms with Crippen LogP contribution in [0.25, 0.3) is 0 Å². The van der Waals surface area contributed by atoms with Gasteiger partial charge in [0.25, 0.3) is 0 Å². The minimum atomic E-state index is 0.109. The van der Waals surface area contributed by atoms with Crippen LogP contribution < -0.4 is 10.5 Å². The predicted molar refractivity (Wildman–Crippen MR) is 78.0 cm³/mol. The summed E-state index contributed by atoms with van der Waals surface area (Å²) in [5, 5.41) is 0. The number of unbranched alkanes of at least 4 members (excludes halogenated alkanes) is 1. The van der Waals surface area contributed by atoms with E-state index in [1.54, 1.807) is 0 Å². The smallest absolute Gasteiger partial charge is 0.122 e. The van der Waals surface area contributed by atoms with Crippen molar-refractivity contribution in [2.75, 3.05) is 6.61 Å². The molecule has 1 aromatic carbocycles. The normalized spacial score (nSPS) is 12.2. The lowest BCUT2D eigenvalue weighted by Crippen LogP contribution is -2.09. The van der Waals surface area contributed by atoms with Crippen LogP contribution in [0.2, 0.25) is 0 Å². The van der Waals surface area contributed by atoms with Crippen molar-refractivity contribution in [1.29, 1.82) is 0 Å². The molecule has 0 aliphatic heterocycles. The van der Waals surface area contributed by atoms with E-state index in [1.165, 1.54) is 11.1 Å². The van der Waals surface area contributed by atoms with Gasteiger partial charge in [-0.2, -0.15) is 0 Å². The second-order valence-corrected chi connectivity index (χ2v) is 4.58. The van der Waals surface area contributed by atoms with Gasteiger partial charge in [0.15, 0.2) is 0 Å². The molecule has 0 aliphatic carbocycles. The Hall–Kier alpha value is -1.28. The molecule has 0 saturated carbocycles. The van der Waals surface area contributed by atoms with Gasteiger partial charge < -0.3 is 10.5 Å². The van der Waals surface area contributed by atoms with E-state index < -0.39 is 0 Å². The van der Waals surface area contributed by atoms with E-state index in [9.17, 15) is 0 Å². The van der Waals surface area contributed by atoms with E-state index in [-0.39, 0.29) is 6.04 Å². The van der Waals surface area contributed by atoms with Crippen LogP contribution in [0.15, 0.2) is 30.9 Å². The molecule has 0 saturated heterocycles. The van der Waals surface area contributed by atoms with Crippen molar-refractivity contribution < 1.29 is 4.74 Å². The fourth-order valence-electron chi connectivity index (χ4n) is 1.85. The highest BCUT2D eigenvalue weighted by Crippen LogP contribution is 2.25. The maximum atomic E-state index is 6.06. The molecule has 0 heterocycles. The van der Waals surface area contributed by atoms with Crippen molar-refractivity contribution in [2.24, 2.45) is 5.73 Å². The topological polar surface area (TPSA) is 35.2 Å². The summed E-state index contributed by atoms with van der Waals surface area (Å²) in [5.41, 5.74) is 8.43. The summed E-state index contributed by atoms with van der Waals surface area (Å²) in [5.74, 6) is 0.968. The molecule has 1 rings (SSSR count). The quantitative estimate of drug-likeness (QED) is 0.556. The zero-order valence-electron chi connectivity index (χ0n) is 11.6. The standard InChI is InChI=1S/C16H25NO/c1-4-7-11-18-16-10-9-13(15(17)6-3)12-14(16)8-5-2/h5,9-10,12,15H,2,4,6-8,11,17H2,1,3H3. The SMILES string of the molecule is C=CCc1cc(C(N)CC)ccc1OCCCC. The third kappa shape index (κ3) is 4.19. The van der Waals surface area contributed by atoms with Crippen LogP contribution in [0.4, 0.5) is 0 Å². The zero-order valence-corrected chi connectivity index (χ0v) is 11.6. The molecule has 0 fully saturated rings. The largest absolute Gasteiger partial charge is 0.493 e. The van der Waals surface area contributed by atoms with Crippen LogP contribution in [-0.4, -0.2) is 6.61 Å². The van der Waals surface area contributed by atoms with Gasteiger partial charge in [-0.15, -0.1) is 6.58 Å². The summed E-state index contributed by atoms with van der Waals surface area (Å²) in [7, 11) is 0. The maximum absolute atomic E-state index is 6.06. The molecule has 1 aromatic rings. The van der Waals surface area contributed by atoms with Gasteiger partial charge in [-0.1, -0.05) is 38.5 Å². The molecule has 0 spiro atoms. The first-order chi connectivity index (χ1) is 8.72. The summed E-state index contributed by atoms with van der Waals surface area (Å²) < 4.78 is 5.81. The Labute approximate surface area is 111 Å². The molecule has 0 bridgehead atoms. The number of benzene rings is 1. The average molecular weight is 247 g/mol. The van der Waals surface area contributed by atoms with Gasteiger partial charge in [0.2, 0.25) is 0 Å². The first-order valence-electron chi connectivity index (χ1n) is 6.85. The van der Waals surface area contributed by atoms with E-state index in [4.69, 9.17) is 10.5 Å². The molecule has 2 N–H and O–H groups in total. The Bertz CT molecular complexity index is 373. The number of nitrogens with two attached hydrogens (primary N) is 1. The van der Waals surface area contributed by atoms with Gasteiger partial charge in [-0.25, -0.2) is 0 Å². The second kappa shape index (κ2) is 7.93.